The van der Waals surface area contributed by atoms with Gasteiger partial charge in [0, 0.05) is 17.0 Å². The molecular formula is C13H8FN3O2S. The smallest absolute Gasteiger partial charge is 0.296 e. The van der Waals surface area contributed by atoms with Gasteiger partial charge in [0.1, 0.15) is 5.82 Å². The first kappa shape index (κ1) is 12.5. The van der Waals surface area contributed by atoms with Gasteiger partial charge in [-0.25, -0.2) is 9.37 Å². The van der Waals surface area contributed by atoms with Crippen LogP contribution in [0.4, 0.5) is 9.52 Å². The van der Waals surface area contributed by atoms with Gasteiger partial charge >= 0.3 is 0 Å². The van der Waals surface area contributed by atoms with Crippen molar-refractivity contribution in [3.05, 3.63) is 53.5 Å². The summed E-state index contributed by atoms with van der Waals surface area (Å²) in [5, 5.41) is 8.28. The molecule has 1 aromatic carbocycles. The highest BCUT2D eigenvalue weighted by Gasteiger charge is 2.12. The summed E-state index contributed by atoms with van der Waals surface area (Å²) in [6.07, 6.45) is 1.39. The number of amides is 1. The number of halogens is 1. The summed E-state index contributed by atoms with van der Waals surface area (Å²) in [5.74, 6) is -0.603. The minimum atomic E-state index is -0.414. The van der Waals surface area contributed by atoms with Crippen LogP contribution in [-0.4, -0.2) is 16.0 Å². The highest BCUT2D eigenvalue weighted by molar-refractivity contribution is 7.14. The predicted octanol–water partition coefficient (Wildman–Crippen LogP) is 3.19. The van der Waals surface area contributed by atoms with Crippen LogP contribution in [-0.2, 0) is 0 Å². The largest absolute Gasteiger partial charge is 0.351 e. The van der Waals surface area contributed by atoms with Crippen LogP contribution >= 0.6 is 11.3 Å². The molecule has 2 heterocycles. The first-order valence-corrected chi connectivity index (χ1v) is 6.54. The predicted molar refractivity (Wildman–Crippen MR) is 72.0 cm³/mol. The average Bonchev–Trinajstić information content (AvgIpc) is 3.10. The zero-order valence-corrected chi connectivity index (χ0v) is 10.9. The van der Waals surface area contributed by atoms with Gasteiger partial charge in [-0.3, -0.25) is 10.1 Å². The molecule has 3 rings (SSSR count). The molecule has 1 N–H and O–H groups in total. The number of nitrogens with one attached hydrogen (secondary N) is 1. The van der Waals surface area contributed by atoms with Gasteiger partial charge in [0.05, 0.1) is 11.9 Å². The van der Waals surface area contributed by atoms with E-state index >= 15 is 0 Å². The average molecular weight is 289 g/mol. The maximum Gasteiger partial charge on any atom is 0.296 e. The Morgan fingerprint density at radius 3 is 2.75 bits per heavy atom. The summed E-state index contributed by atoms with van der Waals surface area (Å²) in [6.45, 7) is 0. The lowest BCUT2D eigenvalue weighted by atomic mass is 10.2. The van der Waals surface area contributed by atoms with E-state index in [-0.39, 0.29) is 11.6 Å². The topological polar surface area (TPSA) is 68.0 Å². The molecule has 20 heavy (non-hydrogen) atoms. The normalized spacial score (nSPS) is 10.4. The summed E-state index contributed by atoms with van der Waals surface area (Å²) in [5.41, 5.74) is 1.45. The summed E-state index contributed by atoms with van der Waals surface area (Å²) >= 11 is 1.28. The molecule has 0 bridgehead atoms. The van der Waals surface area contributed by atoms with Gasteiger partial charge in [-0.05, 0) is 24.3 Å². The van der Waals surface area contributed by atoms with Gasteiger partial charge in [-0.2, -0.15) is 0 Å². The number of nitrogens with zero attached hydrogens (tertiary/aromatic N) is 2. The lowest BCUT2D eigenvalue weighted by Crippen LogP contribution is -2.10. The molecule has 5 nitrogen and oxygen atoms in total. The van der Waals surface area contributed by atoms with Crippen molar-refractivity contribution < 1.29 is 13.7 Å². The summed E-state index contributed by atoms with van der Waals surface area (Å²) < 4.78 is 17.6. The van der Waals surface area contributed by atoms with Crippen molar-refractivity contribution in [1.82, 2.24) is 10.1 Å². The number of carbonyl (C=O) groups is 1. The lowest BCUT2D eigenvalue weighted by molar-refractivity contribution is 0.0988. The Morgan fingerprint density at radius 1 is 1.25 bits per heavy atom. The Labute approximate surface area is 117 Å². The van der Waals surface area contributed by atoms with E-state index < -0.39 is 5.91 Å². The Kier molecular flexibility index (Phi) is 3.26. The van der Waals surface area contributed by atoms with Crippen molar-refractivity contribution >= 4 is 22.4 Å². The van der Waals surface area contributed by atoms with Crippen LogP contribution in [0, 0.1) is 5.82 Å². The molecular weight excluding hydrogens is 281 g/mol. The summed E-state index contributed by atoms with van der Waals surface area (Å²) in [6, 6.07) is 7.45. The molecule has 3 aromatic rings. The fraction of sp³-hybridized carbons (Fsp3) is 0. The van der Waals surface area contributed by atoms with Gasteiger partial charge in [0.25, 0.3) is 5.91 Å². The van der Waals surface area contributed by atoms with Crippen LogP contribution < -0.4 is 5.32 Å². The number of aromatic nitrogens is 2. The number of thiazole rings is 1. The van der Waals surface area contributed by atoms with Crippen LogP contribution in [0.25, 0.3) is 11.3 Å². The zero-order chi connectivity index (χ0) is 13.9. The molecule has 0 spiro atoms. The van der Waals surface area contributed by atoms with E-state index in [2.05, 4.69) is 15.5 Å². The van der Waals surface area contributed by atoms with E-state index in [1.807, 2.05) is 0 Å². The molecule has 0 unspecified atom stereocenters. The Balaban J connectivity index is 1.77. The third kappa shape index (κ3) is 2.57. The molecule has 1 amide bonds. The molecule has 0 fully saturated rings. The zero-order valence-electron chi connectivity index (χ0n) is 10.0. The highest BCUT2D eigenvalue weighted by Crippen LogP contribution is 2.25. The van der Waals surface area contributed by atoms with E-state index in [9.17, 15) is 9.18 Å². The van der Waals surface area contributed by atoms with Crippen LogP contribution in [0.2, 0.25) is 0 Å². The van der Waals surface area contributed by atoms with Crippen molar-refractivity contribution in [2.75, 3.05) is 5.32 Å². The Hall–Kier alpha value is -2.54. The van der Waals surface area contributed by atoms with Gasteiger partial charge in [0.15, 0.2) is 5.13 Å². The van der Waals surface area contributed by atoms with Gasteiger partial charge in [-0.15, -0.1) is 11.3 Å². The molecule has 0 atom stereocenters. The maximum atomic E-state index is 12.8. The monoisotopic (exact) mass is 289 g/mol. The van der Waals surface area contributed by atoms with Crippen molar-refractivity contribution in [3.8, 4) is 11.3 Å². The molecule has 0 aliphatic heterocycles. The minimum absolute atomic E-state index is 0.114. The standard InChI is InChI=1S/C13H8FN3O2S/c14-9-3-1-8(2-4-9)10-7-20-13(16-10)17-12(18)11-5-6-15-19-11/h1-7H,(H,16,17,18). The minimum Gasteiger partial charge on any atom is -0.351 e. The molecule has 0 saturated carbocycles. The fourth-order valence-corrected chi connectivity index (χ4v) is 2.29. The Morgan fingerprint density at radius 2 is 2.05 bits per heavy atom. The number of benzene rings is 1. The second-order valence-electron chi connectivity index (χ2n) is 3.88. The number of hydrogen-bond donors (Lipinski definition) is 1. The first-order chi connectivity index (χ1) is 9.72. The summed E-state index contributed by atoms with van der Waals surface area (Å²) in [7, 11) is 0. The molecule has 0 aliphatic rings. The third-order valence-electron chi connectivity index (χ3n) is 2.53. The van der Waals surface area contributed by atoms with Gasteiger partial charge in [0.2, 0.25) is 5.76 Å². The number of rotatable bonds is 3. The molecule has 100 valence electrons. The van der Waals surface area contributed by atoms with E-state index in [1.54, 1.807) is 17.5 Å². The summed E-state index contributed by atoms with van der Waals surface area (Å²) in [4.78, 5) is 16.0. The molecule has 2 aromatic heterocycles. The van der Waals surface area contributed by atoms with E-state index in [0.717, 1.165) is 5.56 Å². The number of hydrogen-bond acceptors (Lipinski definition) is 5. The highest BCUT2D eigenvalue weighted by atomic mass is 32.1. The lowest BCUT2D eigenvalue weighted by Gasteiger charge is -1.97. The fourth-order valence-electron chi connectivity index (χ4n) is 1.58. The van der Waals surface area contributed by atoms with E-state index in [0.29, 0.717) is 10.8 Å². The molecule has 0 saturated heterocycles. The van der Waals surface area contributed by atoms with Crippen LogP contribution in [0.5, 0.6) is 0 Å². The van der Waals surface area contributed by atoms with Gasteiger partial charge in [-0.1, -0.05) is 5.16 Å². The van der Waals surface area contributed by atoms with Crippen molar-refractivity contribution in [3.63, 3.8) is 0 Å². The second kappa shape index (κ2) is 5.22. The quantitative estimate of drug-likeness (QED) is 0.804. The molecule has 0 aliphatic carbocycles. The SMILES string of the molecule is O=C(Nc1nc(-c2ccc(F)cc2)cs1)c1ccno1. The van der Waals surface area contributed by atoms with Crippen molar-refractivity contribution in [2.45, 2.75) is 0 Å². The van der Waals surface area contributed by atoms with Gasteiger partial charge < -0.3 is 4.52 Å². The van der Waals surface area contributed by atoms with Crippen molar-refractivity contribution in [2.24, 2.45) is 0 Å². The second-order valence-corrected chi connectivity index (χ2v) is 4.73. The first-order valence-electron chi connectivity index (χ1n) is 5.66. The van der Waals surface area contributed by atoms with Crippen molar-refractivity contribution in [1.29, 1.82) is 0 Å². The number of anilines is 1. The third-order valence-corrected chi connectivity index (χ3v) is 3.28. The molecule has 0 radical (unpaired) electrons. The van der Waals surface area contributed by atoms with Crippen LogP contribution in [0.1, 0.15) is 10.6 Å². The van der Waals surface area contributed by atoms with Crippen LogP contribution in [0.3, 0.4) is 0 Å². The van der Waals surface area contributed by atoms with E-state index in [1.165, 1.54) is 35.7 Å². The molecule has 7 heteroatoms. The maximum absolute atomic E-state index is 12.8. The Bertz CT molecular complexity index is 722. The van der Waals surface area contributed by atoms with E-state index in [4.69, 9.17) is 4.52 Å². The number of carbonyl (C=O) groups excluding carboxylic acids is 1. The van der Waals surface area contributed by atoms with Crippen LogP contribution in [0.15, 0.2) is 46.4 Å².